The van der Waals surface area contributed by atoms with Crippen molar-refractivity contribution in [3.8, 4) is 5.75 Å². The summed E-state index contributed by atoms with van der Waals surface area (Å²) in [6, 6.07) is 8.80. The van der Waals surface area contributed by atoms with Crippen LogP contribution in [0.4, 0.5) is 0 Å². The van der Waals surface area contributed by atoms with Crippen molar-refractivity contribution in [1.29, 1.82) is 0 Å². The van der Waals surface area contributed by atoms with Crippen LogP contribution >= 0.6 is 0 Å². The van der Waals surface area contributed by atoms with E-state index < -0.39 is 0 Å². The molecule has 0 radical (unpaired) electrons. The van der Waals surface area contributed by atoms with Crippen molar-refractivity contribution in [1.82, 2.24) is 10.3 Å². The minimum atomic E-state index is 0.0380. The summed E-state index contributed by atoms with van der Waals surface area (Å²) in [5.41, 5.74) is 6.37. The Bertz CT molecular complexity index is 658. The van der Waals surface area contributed by atoms with Gasteiger partial charge in [-0.25, -0.2) is 4.98 Å². The first kappa shape index (κ1) is 18.4. The topological polar surface area (TPSA) is 88.2 Å². The highest BCUT2D eigenvalue weighted by molar-refractivity contribution is 5.97. The molecule has 0 amide bonds. The Hall–Kier alpha value is -1.98. The molecule has 0 bridgehead atoms. The molecule has 0 aliphatic carbocycles. The van der Waals surface area contributed by atoms with E-state index in [0.717, 1.165) is 57.1 Å². The van der Waals surface area contributed by atoms with E-state index >= 15 is 0 Å². The summed E-state index contributed by atoms with van der Waals surface area (Å²) in [4.78, 5) is 16.5. The molecule has 1 heterocycles. The maximum Gasteiger partial charge on any atom is 0.181 e. The fourth-order valence-electron chi connectivity index (χ4n) is 2.65. The number of phenols is 1. The van der Waals surface area contributed by atoms with Crippen molar-refractivity contribution in [3.05, 3.63) is 36.0 Å². The molecule has 0 aliphatic rings. The number of hydrogen-bond donors (Lipinski definition) is 3. The highest BCUT2D eigenvalue weighted by Gasteiger charge is 2.09. The molecule has 0 atom stereocenters. The summed E-state index contributed by atoms with van der Waals surface area (Å²) in [6.07, 6.45) is 5.64. The van der Waals surface area contributed by atoms with Gasteiger partial charge in [-0.1, -0.05) is 24.6 Å². The quantitative estimate of drug-likeness (QED) is 0.436. The molecule has 130 valence electrons. The first-order valence-electron chi connectivity index (χ1n) is 8.75. The van der Waals surface area contributed by atoms with Crippen LogP contribution in [0, 0.1) is 0 Å². The third kappa shape index (κ3) is 5.58. The Morgan fingerprint density at radius 2 is 1.83 bits per heavy atom. The van der Waals surface area contributed by atoms with Crippen molar-refractivity contribution in [2.75, 3.05) is 19.6 Å². The first-order chi connectivity index (χ1) is 11.7. The number of para-hydroxylation sites is 1. The van der Waals surface area contributed by atoms with Crippen molar-refractivity contribution in [3.63, 3.8) is 0 Å². The lowest BCUT2D eigenvalue weighted by Gasteiger charge is -2.05. The van der Waals surface area contributed by atoms with Crippen LogP contribution in [-0.2, 0) is 0 Å². The normalized spacial score (nSPS) is 11.0. The third-order valence-electron chi connectivity index (χ3n) is 4.05. The zero-order chi connectivity index (χ0) is 17.2. The Labute approximate surface area is 143 Å². The Morgan fingerprint density at radius 3 is 2.62 bits per heavy atom. The first-order valence-corrected chi connectivity index (χ1v) is 8.75. The number of aromatic nitrogens is 1. The number of rotatable bonds is 11. The second-order valence-corrected chi connectivity index (χ2v) is 6.02. The van der Waals surface area contributed by atoms with Crippen LogP contribution in [-0.4, -0.2) is 35.5 Å². The van der Waals surface area contributed by atoms with Crippen LogP contribution in [0.3, 0.4) is 0 Å². The molecular formula is C19H27N3O2. The molecule has 0 fully saturated rings. The Morgan fingerprint density at radius 1 is 1.04 bits per heavy atom. The van der Waals surface area contributed by atoms with E-state index in [4.69, 9.17) is 5.73 Å². The summed E-state index contributed by atoms with van der Waals surface area (Å²) in [5.74, 6) is 0.152. The highest BCUT2D eigenvalue weighted by atomic mass is 16.3. The molecule has 0 saturated carbocycles. The van der Waals surface area contributed by atoms with Crippen LogP contribution in [0.25, 0.3) is 10.9 Å². The molecule has 2 rings (SSSR count). The van der Waals surface area contributed by atoms with E-state index in [0.29, 0.717) is 17.6 Å². The number of Topliss-reactive ketones (excluding diaryl/α,β-unsaturated/α-hetero) is 1. The van der Waals surface area contributed by atoms with Crippen molar-refractivity contribution in [2.45, 2.75) is 38.5 Å². The summed E-state index contributed by atoms with van der Waals surface area (Å²) in [6.45, 7) is 2.76. The van der Waals surface area contributed by atoms with Gasteiger partial charge in [-0.05, 0) is 57.5 Å². The maximum absolute atomic E-state index is 12.2. The molecule has 0 unspecified atom stereocenters. The second-order valence-electron chi connectivity index (χ2n) is 6.02. The standard InChI is InChI=1S/C19H27N3O2/c20-12-3-5-14-21-13-4-1-2-8-17(23)16-11-10-15-7-6-9-18(24)19(15)22-16/h6-7,9-11,21,24H,1-5,8,12-14,20H2. The summed E-state index contributed by atoms with van der Waals surface area (Å²) in [7, 11) is 0. The monoisotopic (exact) mass is 329 g/mol. The van der Waals surface area contributed by atoms with Crippen LogP contribution in [0.5, 0.6) is 5.75 Å². The van der Waals surface area contributed by atoms with E-state index in [-0.39, 0.29) is 11.5 Å². The van der Waals surface area contributed by atoms with Gasteiger partial charge >= 0.3 is 0 Å². The lowest BCUT2D eigenvalue weighted by molar-refractivity contribution is 0.0974. The van der Waals surface area contributed by atoms with Gasteiger partial charge in [-0.3, -0.25) is 4.79 Å². The number of carbonyl (C=O) groups is 1. The molecule has 1 aromatic heterocycles. The lowest BCUT2D eigenvalue weighted by Crippen LogP contribution is -2.17. The van der Waals surface area contributed by atoms with Crippen LogP contribution in [0.15, 0.2) is 30.3 Å². The number of carbonyl (C=O) groups excluding carboxylic acids is 1. The van der Waals surface area contributed by atoms with Gasteiger partial charge in [0.05, 0.1) is 0 Å². The summed E-state index contributed by atoms with van der Waals surface area (Å²) < 4.78 is 0. The molecular weight excluding hydrogens is 302 g/mol. The maximum atomic E-state index is 12.2. The number of hydrogen-bond acceptors (Lipinski definition) is 5. The molecule has 0 aliphatic heterocycles. The molecule has 5 heteroatoms. The minimum Gasteiger partial charge on any atom is -0.506 e. The van der Waals surface area contributed by atoms with Gasteiger partial charge in [0, 0.05) is 11.8 Å². The van der Waals surface area contributed by atoms with E-state index in [9.17, 15) is 9.90 Å². The minimum absolute atomic E-state index is 0.0380. The van der Waals surface area contributed by atoms with E-state index in [2.05, 4.69) is 10.3 Å². The number of unbranched alkanes of at least 4 members (excludes halogenated alkanes) is 3. The zero-order valence-corrected chi connectivity index (χ0v) is 14.1. The Balaban J connectivity index is 1.70. The summed E-state index contributed by atoms with van der Waals surface area (Å²) in [5, 5.41) is 14.1. The van der Waals surface area contributed by atoms with Gasteiger partial charge in [0.1, 0.15) is 17.0 Å². The van der Waals surface area contributed by atoms with E-state index in [1.165, 1.54) is 0 Å². The number of nitrogens with zero attached hydrogens (tertiary/aromatic N) is 1. The average Bonchev–Trinajstić information content (AvgIpc) is 2.60. The number of pyridine rings is 1. The largest absolute Gasteiger partial charge is 0.506 e. The predicted molar refractivity (Wildman–Crippen MR) is 97.4 cm³/mol. The number of benzene rings is 1. The lowest BCUT2D eigenvalue weighted by atomic mass is 10.1. The van der Waals surface area contributed by atoms with Crippen LogP contribution < -0.4 is 11.1 Å². The average molecular weight is 329 g/mol. The Kier molecular flexibility index (Phi) is 7.65. The smallest absolute Gasteiger partial charge is 0.181 e. The summed E-state index contributed by atoms with van der Waals surface area (Å²) >= 11 is 0. The van der Waals surface area contributed by atoms with Gasteiger partial charge in [0.15, 0.2) is 5.78 Å². The second kappa shape index (κ2) is 10.0. The molecule has 0 saturated heterocycles. The number of nitrogens with two attached hydrogens (primary N) is 1. The molecule has 4 N–H and O–H groups in total. The van der Waals surface area contributed by atoms with Crippen molar-refractivity contribution in [2.24, 2.45) is 5.73 Å². The van der Waals surface area contributed by atoms with Gasteiger partial charge in [0.2, 0.25) is 0 Å². The van der Waals surface area contributed by atoms with E-state index in [1.54, 1.807) is 18.2 Å². The van der Waals surface area contributed by atoms with E-state index in [1.807, 2.05) is 12.1 Å². The van der Waals surface area contributed by atoms with Gasteiger partial charge in [-0.2, -0.15) is 0 Å². The fraction of sp³-hybridized carbons (Fsp3) is 0.474. The van der Waals surface area contributed by atoms with Crippen molar-refractivity contribution >= 4 is 16.7 Å². The number of phenolic OH excluding ortho intramolecular Hbond substituents is 1. The number of nitrogens with one attached hydrogen (secondary N) is 1. The number of ketones is 1. The van der Waals surface area contributed by atoms with Crippen LogP contribution in [0.1, 0.15) is 49.0 Å². The SMILES string of the molecule is NCCCCNCCCCCC(=O)c1ccc2cccc(O)c2n1. The number of aromatic hydroxyl groups is 1. The van der Waals surface area contributed by atoms with Gasteiger partial charge in [-0.15, -0.1) is 0 Å². The third-order valence-corrected chi connectivity index (χ3v) is 4.05. The molecule has 24 heavy (non-hydrogen) atoms. The van der Waals surface area contributed by atoms with Gasteiger partial charge < -0.3 is 16.2 Å². The zero-order valence-electron chi connectivity index (χ0n) is 14.1. The fourth-order valence-corrected chi connectivity index (χ4v) is 2.65. The number of fused-ring (bicyclic) bond motifs is 1. The molecule has 5 nitrogen and oxygen atoms in total. The molecule has 2 aromatic rings. The van der Waals surface area contributed by atoms with Crippen LogP contribution in [0.2, 0.25) is 0 Å². The molecule has 1 aromatic carbocycles. The predicted octanol–water partition coefficient (Wildman–Crippen LogP) is 3.01. The molecule has 0 spiro atoms. The van der Waals surface area contributed by atoms with Gasteiger partial charge in [0.25, 0.3) is 0 Å². The highest BCUT2D eigenvalue weighted by Crippen LogP contribution is 2.22. The van der Waals surface area contributed by atoms with Crippen molar-refractivity contribution < 1.29 is 9.90 Å².